The summed E-state index contributed by atoms with van der Waals surface area (Å²) in [6, 6.07) is 17.2. The maximum absolute atomic E-state index is 4.26. The average Bonchev–Trinajstić information content (AvgIpc) is 2.53. The van der Waals surface area contributed by atoms with Gasteiger partial charge < -0.3 is 0 Å². The van der Waals surface area contributed by atoms with E-state index in [0.717, 1.165) is 12.8 Å². The minimum absolute atomic E-state index is 0.664. The molecule has 0 amide bonds. The van der Waals surface area contributed by atoms with Crippen molar-refractivity contribution >= 4 is 0 Å². The lowest BCUT2D eigenvalue weighted by Gasteiger charge is -2.00. The number of aryl methyl sites for hydroxylation is 2. The van der Waals surface area contributed by atoms with Gasteiger partial charge in [-0.3, -0.25) is 0 Å². The lowest BCUT2D eigenvalue weighted by molar-refractivity contribution is 0.850. The van der Waals surface area contributed by atoms with Crippen LogP contribution in [-0.4, -0.2) is 0 Å². The van der Waals surface area contributed by atoms with Crippen molar-refractivity contribution in [3.8, 4) is 0 Å². The van der Waals surface area contributed by atoms with Gasteiger partial charge in [0.15, 0.2) is 0 Å². The van der Waals surface area contributed by atoms with Gasteiger partial charge in [-0.15, -0.1) is 0 Å². The molecule has 0 aromatic heterocycles. The Kier molecular flexibility index (Phi) is 5.48. The van der Waals surface area contributed by atoms with Gasteiger partial charge in [0.05, 0.1) is 13.1 Å². The quantitative estimate of drug-likeness (QED) is 0.660. The van der Waals surface area contributed by atoms with Crippen molar-refractivity contribution in [2.24, 2.45) is 10.2 Å². The zero-order valence-electron chi connectivity index (χ0n) is 12.3. The summed E-state index contributed by atoms with van der Waals surface area (Å²) in [6.45, 7) is 5.66. The molecule has 104 valence electrons. The van der Waals surface area contributed by atoms with Crippen LogP contribution < -0.4 is 0 Å². The maximum atomic E-state index is 4.26. The molecular formula is C18H22N2. The Morgan fingerprint density at radius 3 is 1.15 bits per heavy atom. The smallest absolute Gasteiger partial charge is 0.0849 e. The van der Waals surface area contributed by atoms with E-state index >= 15 is 0 Å². The molecule has 0 N–H and O–H groups in total. The highest BCUT2D eigenvalue weighted by atomic mass is 15.1. The van der Waals surface area contributed by atoms with Crippen LogP contribution in [0, 0.1) is 0 Å². The second kappa shape index (κ2) is 7.59. The highest BCUT2D eigenvalue weighted by molar-refractivity contribution is 5.23. The van der Waals surface area contributed by atoms with Crippen molar-refractivity contribution in [3.63, 3.8) is 0 Å². The molecule has 0 unspecified atom stereocenters. The van der Waals surface area contributed by atoms with E-state index in [9.17, 15) is 0 Å². The molecular weight excluding hydrogens is 244 g/mol. The number of benzene rings is 2. The van der Waals surface area contributed by atoms with E-state index < -0.39 is 0 Å². The highest BCUT2D eigenvalue weighted by Crippen LogP contribution is 2.08. The summed E-state index contributed by atoms with van der Waals surface area (Å²) in [6.07, 6.45) is 2.16. The number of rotatable bonds is 6. The Balaban J connectivity index is 1.83. The standard InChI is InChI=1S/C18H22N2/c1-3-15-5-9-17(10-6-15)13-19-20-14-18-11-7-16(4-2)8-12-18/h5-12H,3-4,13-14H2,1-2H3. The van der Waals surface area contributed by atoms with E-state index in [-0.39, 0.29) is 0 Å². The van der Waals surface area contributed by atoms with Crippen molar-refractivity contribution in [1.82, 2.24) is 0 Å². The van der Waals surface area contributed by atoms with Crippen LogP contribution in [0.2, 0.25) is 0 Å². The van der Waals surface area contributed by atoms with E-state index in [1.165, 1.54) is 22.3 Å². The molecule has 0 saturated heterocycles. The van der Waals surface area contributed by atoms with Gasteiger partial charge in [-0.2, -0.15) is 10.2 Å². The Morgan fingerprint density at radius 2 is 0.850 bits per heavy atom. The summed E-state index contributed by atoms with van der Waals surface area (Å²) in [7, 11) is 0. The molecule has 0 fully saturated rings. The van der Waals surface area contributed by atoms with E-state index in [0.29, 0.717) is 13.1 Å². The van der Waals surface area contributed by atoms with Crippen LogP contribution in [0.3, 0.4) is 0 Å². The van der Waals surface area contributed by atoms with Crippen molar-refractivity contribution < 1.29 is 0 Å². The van der Waals surface area contributed by atoms with Crippen LogP contribution in [-0.2, 0) is 25.9 Å². The Bertz CT molecular complexity index is 487. The Hall–Kier alpha value is -1.96. The summed E-state index contributed by atoms with van der Waals surface area (Å²) < 4.78 is 0. The normalized spacial score (nSPS) is 11.1. The van der Waals surface area contributed by atoms with Crippen molar-refractivity contribution in [2.75, 3.05) is 0 Å². The summed E-state index contributed by atoms with van der Waals surface area (Å²) in [5.41, 5.74) is 5.16. The molecule has 2 rings (SSSR count). The molecule has 0 spiro atoms. The van der Waals surface area contributed by atoms with Crippen LogP contribution in [0.15, 0.2) is 58.8 Å². The third-order valence-electron chi connectivity index (χ3n) is 3.47. The van der Waals surface area contributed by atoms with Crippen LogP contribution in [0.1, 0.15) is 36.1 Å². The first-order chi connectivity index (χ1) is 9.81. The van der Waals surface area contributed by atoms with Crippen LogP contribution >= 0.6 is 0 Å². The van der Waals surface area contributed by atoms with Gasteiger partial charge in [-0.05, 0) is 35.1 Å². The molecule has 2 aromatic rings. The van der Waals surface area contributed by atoms with Gasteiger partial charge in [0.25, 0.3) is 0 Å². The van der Waals surface area contributed by atoms with Gasteiger partial charge in [0.1, 0.15) is 0 Å². The summed E-state index contributed by atoms with van der Waals surface area (Å²) in [5.74, 6) is 0. The molecule has 0 heterocycles. The van der Waals surface area contributed by atoms with E-state index in [4.69, 9.17) is 0 Å². The molecule has 0 radical (unpaired) electrons. The van der Waals surface area contributed by atoms with Crippen LogP contribution in [0.25, 0.3) is 0 Å². The van der Waals surface area contributed by atoms with E-state index in [1.54, 1.807) is 0 Å². The number of nitrogens with zero attached hydrogens (tertiary/aromatic N) is 2. The molecule has 2 heteroatoms. The molecule has 0 bridgehead atoms. The van der Waals surface area contributed by atoms with Crippen molar-refractivity contribution in [2.45, 2.75) is 39.8 Å². The lowest BCUT2D eigenvalue weighted by atomic mass is 10.1. The first kappa shape index (κ1) is 14.4. The minimum atomic E-state index is 0.664. The van der Waals surface area contributed by atoms with Crippen LogP contribution in [0.4, 0.5) is 0 Å². The Morgan fingerprint density at radius 1 is 0.550 bits per heavy atom. The van der Waals surface area contributed by atoms with Gasteiger partial charge in [0, 0.05) is 0 Å². The predicted octanol–water partition coefficient (Wildman–Crippen LogP) is 4.96. The minimum Gasteiger partial charge on any atom is -0.189 e. The second-order valence-corrected chi connectivity index (χ2v) is 4.94. The zero-order valence-corrected chi connectivity index (χ0v) is 12.3. The molecule has 0 saturated carbocycles. The molecule has 2 aromatic carbocycles. The molecule has 0 aliphatic carbocycles. The fraction of sp³-hybridized carbons (Fsp3) is 0.333. The van der Waals surface area contributed by atoms with Gasteiger partial charge in [-0.25, -0.2) is 0 Å². The number of hydrogen-bond acceptors (Lipinski definition) is 2. The fourth-order valence-electron chi connectivity index (χ4n) is 2.02. The lowest BCUT2D eigenvalue weighted by Crippen LogP contribution is -1.85. The summed E-state index contributed by atoms with van der Waals surface area (Å²) >= 11 is 0. The second-order valence-electron chi connectivity index (χ2n) is 4.94. The highest BCUT2D eigenvalue weighted by Gasteiger charge is 1.94. The molecule has 20 heavy (non-hydrogen) atoms. The third kappa shape index (κ3) is 4.30. The molecule has 0 atom stereocenters. The molecule has 0 aliphatic heterocycles. The average molecular weight is 266 g/mol. The van der Waals surface area contributed by atoms with Crippen molar-refractivity contribution in [1.29, 1.82) is 0 Å². The number of hydrogen-bond donors (Lipinski definition) is 0. The van der Waals surface area contributed by atoms with Gasteiger partial charge in [0.2, 0.25) is 0 Å². The monoisotopic (exact) mass is 266 g/mol. The van der Waals surface area contributed by atoms with E-state index in [2.05, 4.69) is 72.6 Å². The number of azo groups is 1. The first-order valence-corrected chi connectivity index (χ1v) is 7.30. The van der Waals surface area contributed by atoms with Gasteiger partial charge >= 0.3 is 0 Å². The molecule has 2 nitrogen and oxygen atoms in total. The fourth-order valence-corrected chi connectivity index (χ4v) is 2.02. The SMILES string of the molecule is CCc1ccc(CN=NCc2ccc(CC)cc2)cc1. The topological polar surface area (TPSA) is 24.7 Å². The van der Waals surface area contributed by atoms with Gasteiger partial charge in [-0.1, -0.05) is 62.4 Å². The predicted molar refractivity (Wildman–Crippen MR) is 83.9 cm³/mol. The maximum Gasteiger partial charge on any atom is 0.0849 e. The third-order valence-corrected chi connectivity index (χ3v) is 3.47. The van der Waals surface area contributed by atoms with Crippen molar-refractivity contribution in [3.05, 3.63) is 70.8 Å². The zero-order chi connectivity index (χ0) is 14.2. The first-order valence-electron chi connectivity index (χ1n) is 7.30. The Labute approximate surface area is 121 Å². The largest absolute Gasteiger partial charge is 0.189 e. The summed E-state index contributed by atoms with van der Waals surface area (Å²) in [5, 5.41) is 8.52. The van der Waals surface area contributed by atoms with E-state index in [1.807, 2.05) is 0 Å². The summed E-state index contributed by atoms with van der Waals surface area (Å²) in [4.78, 5) is 0. The molecule has 0 aliphatic rings. The van der Waals surface area contributed by atoms with Crippen LogP contribution in [0.5, 0.6) is 0 Å².